The Kier molecular flexibility index (Phi) is 7.08. The number of esters is 1. The Hall–Kier alpha value is -0.890. The van der Waals surface area contributed by atoms with E-state index in [1.54, 1.807) is 18.2 Å². The molecule has 0 atom stereocenters. The lowest BCUT2D eigenvalue weighted by molar-refractivity contribution is -0.124. The molecule has 2 rings (SSSR count). The zero-order valence-electron chi connectivity index (χ0n) is 11.8. The second-order valence-electron chi connectivity index (χ2n) is 4.53. The predicted molar refractivity (Wildman–Crippen MR) is 98.2 cm³/mol. The monoisotopic (exact) mass is 479 g/mol. The quantitative estimate of drug-likeness (QED) is 0.621. The van der Waals surface area contributed by atoms with E-state index in [1.165, 1.54) is 11.3 Å². The molecule has 0 aliphatic carbocycles. The van der Waals surface area contributed by atoms with Crippen LogP contribution in [0.4, 0.5) is 0 Å². The summed E-state index contributed by atoms with van der Waals surface area (Å²) in [4.78, 5) is 23.9. The summed E-state index contributed by atoms with van der Waals surface area (Å²) in [5.74, 6) is -0.851. The number of carbonyl (C=O) groups is 2. The molecule has 8 heteroatoms. The van der Waals surface area contributed by atoms with Crippen molar-refractivity contribution < 1.29 is 14.3 Å². The summed E-state index contributed by atoms with van der Waals surface area (Å²) in [6.07, 6.45) is 0.682. The van der Waals surface area contributed by atoms with Crippen molar-refractivity contribution in [2.45, 2.75) is 6.42 Å². The zero-order valence-corrected chi connectivity index (χ0v) is 16.5. The van der Waals surface area contributed by atoms with Gasteiger partial charge in [0.05, 0.1) is 3.79 Å². The minimum absolute atomic E-state index is 0.299. The van der Waals surface area contributed by atoms with Gasteiger partial charge in [-0.25, -0.2) is 4.79 Å². The first-order valence-electron chi connectivity index (χ1n) is 6.59. The van der Waals surface area contributed by atoms with Gasteiger partial charge in [0, 0.05) is 16.0 Å². The molecule has 0 fully saturated rings. The summed E-state index contributed by atoms with van der Waals surface area (Å²) >= 11 is 13.6. The van der Waals surface area contributed by atoms with Crippen LogP contribution in [0.2, 0.25) is 5.02 Å². The van der Waals surface area contributed by atoms with Gasteiger partial charge in [0.25, 0.3) is 5.91 Å². The number of hydrogen-bond donors (Lipinski definition) is 1. The van der Waals surface area contributed by atoms with E-state index >= 15 is 0 Å². The lowest BCUT2D eigenvalue weighted by Crippen LogP contribution is -2.30. The van der Waals surface area contributed by atoms with Gasteiger partial charge in [0.15, 0.2) is 6.61 Å². The van der Waals surface area contributed by atoms with Crippen LogP contribution < -0.4 is 5.32 Å². The molecule has 0 spiro atoms. The average Bonchev–Trinajstić information content (AvgIpc) is 2.86. The molecular weight excluding hydrogens is 469 g/mol. The maximum absolute atomic E-state index is 11.8. The minimum Gasteiger partial charge on any atom is -0.451 e. The van der Waals surface area contributed by atoms with Crippen molar-refractivity contribution in [2.75, 3.05) is 13.2 Å². The zero-order chi connectivity index (χ0) is 16.8. The molecule has 0 aliphatic rings. The van der Waals surface area contributed by atoms with Crippen molar-refractivity contribution in [3.63, 3.8) is 0 Å². The Morgan fingerprint density at radius 3 is 2.52 bits per heavy atom. The first-order valence-corrected chi connectivity index (χ1v) is 9.37. The predicted octanol–water partition coefficient (Wildman–Crippen LogP) is 4.44. The number of nitrogens with one attached hydrogen (secondary N) is 1. The lowest BCUT2D eigenvalue weighted by atomic mass is 10.1. The van der Waals surface area contributed by atoms with Crippen LogP contribution in [-0.2, 0) is 16.0 Å². The molecule has 1 amide bonds. The number of halogens is 3. The highest BCUT2D eigenvalue weighted by molar-refractivity contribution is 9.13. The van der Waals surface area contributed by atoms with Crippen LogP contribution in [0.3, 0.4) is 0 Å². The van der Waals surface area contributed by atoms with Gasteiger partial charge in [0.2, 0.25) is 0 Å². The Bertz CT molecular complexity index is 684. The third kappa shape index (κ3) is 5.91. The number of rotatable bonds is 6. The molecule has 0 aliphatic heterocycles. The molecule has 0 saturated carbocycles. The van der Waals surface area contributed by atoms with Crippen molar-refractivity contribution >= 4 is 66.7 Å². The SMILES string of the molecule is O=C(COC(=O)c1cc(Br)c(Br)s1)NCCc1ccc(Cl)cc1. The summed E-state index contributed by atoms with van der Waals surface area (Å²) in [5, 5.41) is 3.38. The van der Waals surface area contributed by atoms with Crippen molar-refractivity contribution in [3.8, 4) is 0 Å². The van der Waals surface area contributed by atoms with Gasteiger partial charge < -0.3 is 10.1 Å². The Balaban J connectivity index is 1.70. The summed E-state index contributed by atoms with van der Waals surface area (Å²) < 4.78 is 6.56. The highest BCUT2D eigenvalue weighted by Gasteiger charge is 2.14. The molecule has 4 nitrogen and oxygen atoms in total. The lowest BCUT2D eigenvalue weighted by Gasteiger charge is -2.06. The van der Waals surface area contributed by atoms with Crippen LogP contribution in [0.5, 0.6) is 0 Å². The topological polar surface area (TPSA) is 55.4 Å². The number of ether oxygens (including phenoxy) is 1. The minimum atomic E-state index is -0.519. The summed E-state index contributed by atoms with van der Waals surface area (Å²) in [6.45, 7) is 0.167. The summed E-state index contributed by atoms with van der Waals surface area (Å²) in [5.41, 5.74) is 1.07. The third-order valence-electron chi connectivity index (χ3n) is 2.83. The number of benzene rings is 1. The largest absolute Gasteiger partial charge is 0.451 e. The normalized spacial score (nSPS) is 10.4. The fourth-order valence-electron chi connectivity index (χ4n) is 1.70. The van der Waals surface area contributed by atoms with Crippen LogP contribution in [0.25, 0.3) is 0 Å². The van der Waals surface area contributed by atoms with Crippen molar-refractivity contribution in [3.05, 3.63) is 54.1 Å². The molecule has 0 radical (unpaired) electrons. The Labute approximate surface area is 159 Å². The van der Waals surface area contributed by atoms with Crippen LogP contribution >= 0.6 is 54.8 Å². The first-order chi connectivity index (χ1) is 11.0. The maximum Gasteiger partial charge on any atom is 0.348 e. The summed E-state index contributed by atoms with van der Waals surface area (Å²) in [6, 6.07) is 9.06. The molecular formula is C15H12Br2ClNO3S. The van der Waals surface area contributed by atoms with Crippen molar-refractivity contribution in [1.82, 2.24) is 5.32 Å². The first kappa shape index (κ1) is 18.4. The van der Waals surface area contributed by atoms with Crippen LogP contribution in [-0.4, -0.2) is 25.0 Å². The fraction of sp³-hybridized carbons (Fsp3) is 0.200. The van der Waals surface area contributed by atoms with Gasteiger partial charge in [-0.3, -0.25) is 4.79 Å². The molecule has 23 heavy (non-hydrogen) atoms. The number of hydrogen-bond acceptors (Lipinski definition) is 4. The van der Waals surface area contributed by atoms with E-state index in [0.717, 1.165) is 13.8 Å². The molecule has 1 aromatic heterocycles. The van der Waals surface area contributed by atoms with E-state index in [-0.39, 0.29) is 12.5 Å². The van der Waals surface area contributed by atoms with E-state index in [1.807, 2.05) is 12.1 Å². The van der Waals surface area contributed by atoms with Gasteiger partial charge in [-0.1, -0.05) is 23.7 Å². The van der Waals surface area contributed by atoms with E-state index in [4.69, 9.17) is 16.3 Å². The smallest absolute Gasteiger partial charge is 0.348 e. The molecule has 1 heterocycles. The van der Waals surface area contributed by atoms with Crippen LogP contribution in [0.15, 0.2) is 38.6 Å². The Morgan fingerprint density at radius 1 is 1.22 bits per heavy atom. The maximum atomic E-state index is 11.8. The van der Waals surface area contributed by atoms with Crippen molar-refractivity contribution in [1.29, 1.82) is 0 Å². The molecule has 0 bridgehead atoms. The highest BCUT2D eigenvalue weighted by atomic mass is 79.9. The van der Waals surface area contributed by atoms with E-state index < -0.39 is 5.97 Å². The average molecular weight is 482 g/mol. The van der Waals surface area contributed by atoms with Gasteiger partial charge >= 0.3 is 5.97 Å². The molecule has 1 N–H and O–H groups in total. The number of carbonyl (C=O) groups excluding carboxylic acids is 2. The van der Waals surface area contributed by atoms with E-state index in [9.17, 15) is 9.59 Å². The molecule has 1 aromatic carbocycles. The van der Waals surface area contributed by atoms with Gasteiger partial charge in [-0.2, -0.15) is 0 Å². The van der Waals surface area contributed by atoms with E-state index in [0.29, 0.717) is 22.9 Å². The van der Waals surface area contributed by atoms with Crippen LogP contribution in [0, 0.1) is 0 Å². The van der Waals surface area contributed by atoms with E-state index in [2.05, 4.69) is 37.2 Å². The summed E-state index contributed by atoms with van der Waals surface area (Å²) in [7, 11) is 0. The standard InChI is InChI=1S/C15H12Br2ClNO3S/c16-11-7-12(23-14(11)17)15(21)22-8-13(20)19-6-5-9-1-3-10(18)4-2-9/h1-4,7H,5-6,8H2,(H,19,20). The fourth-order valence-corrected chi connectivity index (χ4v) is 3.75. The number of thiophene rings is 1. The van der Waals surface area contributed by atoms with Gasteiger partial charge in [0.1, 0.15) is 4.88 Å². The second kappa shape index (κ2) is 8.82. The highest BCUT2D eigenvalue weighted by Crippen LogP contribution is 2.32. The Morgan fingerprint density at radius 2 is 1.91 bits per heavy atom. The molecule has 2 aromatic rings. The van der Waals surface area contributed by atoms with Crippen molar-refractivity contribution in [2.24, 2.45) is 0 Å². The van der Waals surface area contributed by atoms with Gasteiger partial charge in [-0.05, 0) is 62.0 Å². The molecule has 0 saturated heterocycles. The third-order valence-corrected chi connectivity index (χ3v) is 6.32. The number of amides is 1. The molecule has 122 valence electrons. The van der Waals surface area contributed by atoms with Crippen LogP contribution in [0.1, 0.15) is 15.2 Å². The molecule has 0 unspecified atom stereocenters. The second-order valence-corrected chi connectivity index (χ2v) is 8.20. The van der Waals surface area contributed by atoms with Gasteiger partial charge in [-0.15, -0.1) is 11.3 Å².